The number of rotatable bonds is 3. The first kappa shape index (κ1) is 22.1. The lowest BCUT2D eigenvalue weighted by Gasteiger charge is -2.09. The molecule has 4 aromatic rings. The average molecular weight is 443 g/mol. The number of carbonyl (C=O) groups is 1. The number of anilines is 3. The van der Waals surface area contributed by atoms with E-state index in [-0.39, 0.29) is 6.03 Å². The third-order valence-electron chi connectivity index (χ3n) is 4.40. The van der Waals surface area contributed by atoms with Crippen LogP contribution in [0.5, 0.6) is 0 Å². The van der Waals surface area contributed by atoms with Gasteiger partial charge in [-0.25, -0.2) is 25.0 Å². The summed E-state index contributed by atoms with van der Waals surface area (Å²) in [5.74, 6) is 0.457. The molecule has 0 fully saturated rings. The highest BCUT2D eigenvalue weighted by molar-refractivity contribution is 7.19. The highest BCUT2D eigenvalue weighted by Crippen LogP contribution is 2.39. The first-order valence-corrected chi connectivity index (χ1v) is 10.0. The van der Waals surface area contributed by atoms with Gasteiger partial charge in [0.1, 0.15) is 17.0 Å². The summed E-state index contributed by atoms with van der Waals surface area (Å²) in [7, 11) is 0. The topological polar surface area (TPSA) is 158 Å². The number of benzene rings is 2. The lowest BCUT2D eigenvalue weighted by Crippen LogP contribution is -2.19. The van der Waals surface area contributed by atoms with E-state index in [0.29, 0.717) is 22.8 Å². The average Bonchev–Trinajstić information content (AvgIpc) is 3.12. The fraction of sp³-hybridized carbons (Fsp3) is 0.0455. The highest BCUT2D eigenvalue weighted by Gasteiger charge is 2.15. The fourth-order valence-electron chi connectivity index (χ4n) is 3.06. The number of nitrogens with two attached hydrogens (primary N) is 1. The quantitative estimate of drug-likeness (QED) is 0.266. The van der Waals surface area contributed by atoms with Crippen molar-refractivity contribution in [3.05, 3.63) is 65.3 Å². The number of hydrogen-bond donors (Lipinski definition) is 4. The van der Waals surface area contributed by atoms with Crippen LogP contribution < -0.4 is 16.4 Å². The van der Waals surface area contributed by atoms with Crippen molar-refractivity contribution in [3.8, 4) is 17.2 Å². The van der Waals surface area contributed by atoms with Gasteiger partial charge in [-0.3, -0.25) is 0 Å². The van der Waals surface area contributed by atoms with Gasteiger partial charge in [-0.1, -0.05) is 12.1 Å². The van der Waals surface area contributed by atoms with Crippen LogP contribution in [0.2, 0.25) is 0 Å². The molecule has 2 aromatic heterocycles. The SMILES string of the molecule is Cc1sc2ncnc(N)c2c1-c1ccc(NC(=O)Nc2ccc(C#N)cc2)cc1.N=C=O. The molecule has 0 saturated heterocycles. The number of fused-ring (bicyclic) bond motifs is 1. The van der Waals surface area contributed by atoms with Crippen LogP contribution in [0.4, 0.5) is 22.0 Å². The number of aryl methyl sites for hydroxylation is 1. The fourth-order valence-corrected chi connectivity index (χ4v) is 4.08. The number of thiophene rings is 1. The Balaban J connectivity index is 0.000000913. The molecule has 9 nitrogen and oxygen atoms in total. The lowest BCUT2D eigenvalue weighted by atomic mass is 10.0. The summed E-state index contributed by atoms with van der Waals surface area (Å²) in [5, 5.41) is 20.6. The number of urea groups is 1. The molecule has 0 radical (unpaired) electrons. The monoisotopic (exact) mass is 443 g/mol. The number of isocyanates is 1. The number of nitrogen functional groups attached to an aromatic ring is 1. The molecule has 4 rings (SSSR count). The Morgan fingerprint density at radius 3 is 2.19 bits per heavy atom. The van der Waals surface area contributed by atoms with E-state index in [1.165, 1.54) is 6.33 Å². The smallest absolute Gasteiger partial charge is 0.323 e. The number of hydrogen-bond acceptors (Lipinski definition) is 8. The molecule has 158 valence electrons. The van der Waals surface area contributed by atoms with Crippen molar-refractivity contribution in [2.75, 3.05) is 16.4 Å². The molecule has 0 saturated carbocycles. The molecule has 0 unspecified atom stereocenters. The van der Waals surface area contributed by atoms with Gasteiger partial charge in [0.2, 0.25) is 6.08 Å². The summed E-state index contributed by atoms with van der Waals surface area (Å²) in [5.41, 5.74) is 9.85. The molecule has 0 aliphatic heterocycles. The Morgan fingerprint density at radius 2 is 1.62 bits per heavy atom. The molecule has 0 aliphatic carbocycles. The first-order valence-electron chi connectivity index (χ1n) is 9.19. The molecule has 2 aromatic carbocycles. The van der Waals surface area contributed by atoms with E-state index in [4.69, 9.17) is 21.2 Å². The van der Waals surface area contributed by atoms with E-state index in [2.05, 4.69) is 20.6 Å². The second kappa shape index (κ2) is 9.95. The summed E-state index contributed by atoms with van der Waals surface area (Å²) in [6, 6.07) is 15.8. The van der Waals surface area contributed by atoms with Crippen molar-refractivity contribution < 1.29 is 9.59 Å². The Kier molecular flexibility index (Phi) is 6.88. The van der Waals surface area contributed by atoms with Gasteiger partial charge >= 0.3 is 6.03 Å². The molecule has 32 heavy (non-hydrogen) atoms. The van der Waals surface area contributed by atoms with Gasteiger partial charge in [-0.2, -0.15) is 5.26 Å². The maximum Gasteiger partial charge on any atom is 0.323 e. The van der Waals surface area contributed by atoms with E-state index in [1.807, 2.05) is 37.3 Å². The molecular weight excluding hydrogens is 426 g/mol. The first-order chi connectivity index (χ1) is 15.5. The molecule has 2 amide bonds. The second-order valence-corrected chi connectivity index (χ2v) is 7.62. The van der Waals surface area contributed by atoms with Crippen molar-refractivity contribution in [3.63, 3.8) is 0 Å². The number of aromatic nitrogens is 2. The summed E-state index contributed by atoms with van der Waals surface area (Å²) < 4.78 is 0. The predicted molar refractivity (Wildman–Crippen MR) is 124 cm³/mol. The molecule has 10 heteroatoms. The zero-order chi connectivity index (χ0) is 23.1. The van der Waals surface area contributed by atoms with Gasteiger partial charge in [0, 0.05) is 21.8 Å². The molecule has 2 heterocycles. The van der Waals surface area contributed by atoms with E-state index < -0.39 is 0 Å². The zero-order valence-corrected chi connectivity index (χ0v) is 17.7. The van der Waals surface area contributed by atoms with Crippen LogP contribution in [0.15, 0.2) is 54.9 Å². The van der Waals surface area contributed by atoms with Crippen molar-refractivity contribution in [1.29, 1.82) is 10.7 Å². The predicted octanol–water partition coefficient (Wildman–Crippen LogP) is 4.67. The number of nitriles is 1. The standard InChI is InChI=1S/C21H16N6OS.CHNO/c1-12-17(18-19(23)24-11-25-20(18)29-12)14-4-8-16(9-5-14)27-21(28)26-15-6-2-13(10-22)3-7-15;2-1-3/h2-9,11H,1H3,(H2,23,24,25)(H2,26,27,28);2H. The van der Waals surface area contributed by atoms with Crippen LogP contribution in [0.3, 0.4) is 0 Å². The normalized spacial score (nSPS) is 9.75. The molecule has 5 N–H and O–H groups in total. The van der Waals surface area contributed by atoms with Gasteiger partial charge in [0.25, 0.3) is 0 Å². The van der Waals surface area contributed by atoms with Crippen LogP contribution in [0.1, 0.15) is 10.4 Å². The summed E-state index contributed by atoms with van der Waals surface area (Å²) in [6.45, 7) is 2.03. The third kappa shape index (κ3) is 4.94. The molecule has 0 aliphatic rings. The number of carbonyl (C=O) groups excluding carboxylic acids is 2. The maximum atomic E-state index is 12.2. The van der Waals surface area contributed by atoms with Gasteiger partial charge in [-0.15, -0.1) is 11.3 Å². The Bertz CT molecular complexity index is 1330. The minimum Gasteiger partial charge on any atom is -0.383 e. The Morgan fingerprint density at radius 1 is 1.06 bits per heavy atom. The molecule has 0 bridgehead atoms. The van der Waals surface area contributed by atoms with Gasteiger partial charge in [0.05, 0.1) is 17.0 Å². The minimum atomic E-state index is -0.364. The Hall–Kier alpha value is -4.58. The van der Waals surface area contributed by atoms with Crippen molar-refractivity contribution in [1.82, 2.24) is 9.97 Å². The largest absolute Gasteiger partial charge is 0.383 e. The number of amides is 2. The van der Waals surface area contributed by atoms with Crippen LogP contribution >= 0.6 is 11.3 Å². The van der Waals surface area contributed by atoms with Crippen LogP contribution in [0, 0.1) is 23.7 Å². The summed E-state index contributed by atoms with van der Waals surface area (Å²) in [4.78, 5) is 30.9. The Labute approximate surface area is 187 Å². The molecular formula is C22H17N7O2S. The van der Waals surface area contributed by atoms with E-state index in [9.17, 15) is 4.79 Å². The highest BCUT2D eigenvalue weighted by atomic mass is 32.1. The number of nitrogens with zero attached hydrogens (tertiary/aromatic N) is 3. The number of nitrogens with one attached hydrogen (secondary N) is 3. The maximum absolute atomic E-state index is 12.2. The van der Waals surface area contributed by atoms with Crippen molar-refractivity contribution in [2.24, 2.45) is 0 Å². The van der Waals surface area contributed by atoms with E-state index >= 15 is 0 Å². The van der Waals surface area contributed by atoms with E-state index in [1.54, 1.807) is 35.6 Å². The summed E-state index contributed by atoms with van der Waals surface area (Å²) >= 11 is 1.58. The van der Waals surface area contributed by atoms with Crippen LogP contribution in [-0.2, 0) is 4.79 Å². The van der Waals surface area contributed by atoms with Crippen molar-refractivity contribution in [2.45, 2.75) is 6.92 Å². The van der Waals surface area contributed by atoms with Gasteiger partial charge in [0.15, 0.2) is 0 Å². The van der Waals surface area contributed by atoms with Crippen LogP contribution in [-0.4, -0.2) is 22.1 Å². The summed E-state index contributed by atoms with van der Waals surface area (Å²) in [6.07, 6.45) is 2.22. The minimum absolute atomic E-state index is 0.364. The van der Waals surface area contributed by atoms with Gasteiger partial charge in [-0.05, 0) is 48.9 Å². The third-order valence-corrected chi connectivity index (χ3v) is 5.41. The van der Waals surface area contributed by atoms with Crippen LogP contribution in [0.25, 0.3) is 21.3 Å². The lowest BCUT2D eigenvalue weighted by molar-refractivity contribution is 0.262. The van der Waals surface area contributed by atoms with Crippen molar-refractivity contribution >= 4 is 50.9 Å². The second-order valence-electron chi connectivity index (χ2n) is 6.42. The zero-order valence-electron chi connectivity index (χ0n) is 16.8. The van der Waals surface area contributed by atoms with Gasteiger partial charge < -0.3 is 16.4 Å². The molecule has 0 spiro atoms. The van der Waals surface area contributed by atoms with E-state index in [0.717, 1.165) is 32.3 Å². The molecule has 0 atom stereocenters.